The fourth-order valence-electron chi connectivity index (χ4n) is 3.21. The summed E-state index contributed by atoms with van der Waals surface area (Å²) in [6.45, 7) is 4.31. The molecule has 0 saturated heterocycles. The molecule has 1 unspecified atom stereocenters. The molecule has 0 bridgehead atoms. The van der Waals surface area contributed by atoms with E-state index < -0.39 is 11.4 Å². The van der Waals surface area contributed by atoms with Crippen LogP contribution in [0.25, 0.3) is 11.3 Å². The van der Waals surface area contributed by atoms with Crippen molar-refractivity contribution in [2.45, 2.75) is 32.7 Å². The number of rotatable bonds is 4. The molecule has 24 heavy (non-hydrogen) atoms. The van der Waals surface area contributed by atoms with E-state index in [0.29, 0.717) is 24.5 Å². The number of carbonyl (C=O) groups is 1. The molecule has 1 atom stereocenters. The number of fused-ring (bicyclic) bond motifs is 3. The van der Waals surface area contributed by atoms with Gasteiger partial charge in [-0.05, 0) is 37.5 Å². The van der Waals surface area contributed by atoms with Crippen LogP contribution >= 0.6 is 0 Å². The molecule has 2 N–H and O–H groups in total. The molecule has 6 nitrogen and oxygen atoms in total. The van der Waals surface area contributed by atoms with Crippen LogP contribution in [0.3, 0.4) is 0 Å². The number of benzene rings is 1. The van der Waals surface area contributed by atoms with Crippen LogP contribution in [0.5, 0.6) is 11.5 Å². The van der Waals surface area contributed by atoms with E-state index >= 15 is 0 Å². The Labute approximate surface area is 138 Å². The van der Waals surface area contributed by atoms with Crippen LogP contribution in [0.4, 0.5) is 0 Å². The van der Waals surface area contributed by atoms with Gasteiger partial charge in [0.15, 0.2) is 16.9 Å². The summed E-state index contributed by atoms with van der Waals surface area (Å²) in [6, 6.07) is 4.77. The average Bonchev–Trinajstić information content (AvgIpc) is 2.54. The van der Waals surface area contributed by atoms with Crippen LogP contribution in [0.15, 0.2) is 29.2 Å². The van der Waals surface area contributed by atoms with Crippen LogP contribution in [0.2, 0.25) is 0 Å². The van der Waals surface area contributed by atoms with Gasteiger partial charge >= 0.3 is 5.97 Å². The van der Waals surface area contributed by atoms with Gasteiger partial charge in [0.25, 0.3) is 0 Å². The second-order valence-corrected chi connectivity index (χ2v) is 5.83. The summed E-state index contributed by atoms with van der Waals surface area (Å²) in [5.41, 5.74) is 1.55. The van der Waals surface area contributed by atoms with Crippen LogP contribution in [0.1, 0.15) is 42.2 Å². The summed E-state index contributed by atoms with van der Waals surface area (Å²) in [7, 11) is 0. The van der Waals surface area contributed by atoms with Crippen LogP contribution in [-0.2, 0) is 6.42 Å². The van der Waals surface area contributed by atoms with Crippen LogP contribution < -0.4 is 10.2 Å². The molecule has 1 aliphatic heterocycles. The van der Waals surface area contributed by atoms with E-state index in [1.165, 1.54) is 12.3 Å². The maximum absolute atomic E-state index is 12.1. The van der Waals surface area contributed by atoms with Gasteiger partial charge in [0, 0.05) is 23.9 Å². The molecule has 3 rings (SSSR count). The second kappa shape index (κ2) is 6.03. The molecule has 0 amide bonds. The third kappa shape index (κ3) is 2.54. The molecule has 1 aromatic heterocycles. The second-order valence-electron chi connectivity index (χ2n) is 5.83. The summed E-state index contributed by atoms with van der Waals surface area (Å²) in [4.78, 5) is 23.4. The summed E-state index contributed by atoms with van der Waals surface area (Å²) in [6.07, 6.45) is 2.88. The number of phenols is 1. The Hall–Kier alpha value is -2.76. The van der Waals surface area contributed by atoms with Crippen molar-refractivity contribution in [2.24, 2.45) is 0 Å². The number of pyridine rings is 1. The van der Waals surface area contributed by atoms with E-state index in [4.69, 9.17) is 4.74 Å². The maximum atomic E-state index is 12.1. The number of hydrogen-bond acceptors (Lipinski definition) is 4. The Morgan fingerprint density at radius 2 is 2.08 bits per heavy atom. The number of aromatic hydroxyl groups is 1. The monoisotopic (exact) mass is 329 g/mol. The zero-order chi connectivity index (χ0) is 17.4. The van der Waals surface area contributed by atoms with Crippen molar-refractivity contribution in [3.8, 4) is 22.8 Å². The van der Waals surface area contributed by atoms with Gasteiger partial charge in [-0.1, -0.05) is 6.92 Å². The van der Waals surface area contributed by atoms with Crippen molar-refractivity contribution in [1.29, 1.82) is 0 Å². The lowest BCUT2D eigenvalue weighted by Gasteiger charge is -2.30. The smallest absolute Gasteiger partial charge is 0.341 e. The summed E-state index contributed by atoms with van der Waals surface area (Å²) in [5.74, 6) is -0.804. The minimum Gasteiger partial charge on any atom is -0.504 e. The molecule has 1 aliphatic rings. The number of hydrogen-bond donors (Lipinski definition) is 2. The highest BCUT2D eigenvalue weighted by Gasteiger charge is 2.26. The molecule has 126 valence electrons. The number of aromatic nitrogens is 1. The minimum atomic E-state index is -1.23. The highest BCUT2D eigenvalue weighted by molar-refractivity contribution is 5.87. The Balaban J connectivity index is 2.24. The maximum Gasteiger partial charge on any atom is 0.341 e. The summed E-state index contributed by atoms with van der Waals surface area (Å²) < 4.78 is 7.26. The van der Waals surface area contributed by atoms with E-state index in [1.807, 2.05) is 18.4 Å². The fraction of sp³-hybridized carbons (Fsp3) is 0.333. The number of aromatic carboxylic acids is 1. The van der Waals surface area contributed by atoms with Crippen LogP contribution in [0, 0.1) is 0 Å². The van der Waals surface area contributed by atoms with Crippen molar-refractivity contribution < 1.29 is 19.7 Å². The summed E-state index contributed by atoms with van der Waals surface area (Å²) >= 11 is 0. The molecular formula is C18H19NO5. The quantitative estimate of drug-likeness (QED) is 0.900. The van der Waals surface area contributed by atoms with Crippen molar-refractivity contribution in [3.05, 3.63) is 45.7 Å². The molecule has 6 heteroatoms. The Morgan fingerprint density at radius 1 is 1.33 bits per heavy atom. The molecule has 1 aromatic carbocycles. The first-order chi connectivity index (χ1) is 11.5. The van der Waals surface area contributed by atoms with E-state index in [1.54, 1.807) is 12.1 Å². The highest BCUT2D eigenvalue weighted by atomic mass is 16.5. The van der Waals surface area contributed by atoms with E-state index in [2.05, 4.69) is 0 Å². The Kier molecular flexibility index (Phi) is 4.05. The van der Waals surface area contributed by atoms with Gasteiger partial charge in [-0.25, -0.2) is 4.79 Å². The number of phenolic OH excluding ortho intramolecular Hbond substituents is 1. The molecule has 0 aliphatic carbocycles. The van der Waals surface area contributed by atoms with Gasteiger partial charge in [0.05, 0.1) is 12.3 Å². The molecule has 0 spiro atoms. The van der Waals surface area contributed by atoms with Crippen molar-refractivity contribution >= 4 is 5.97 Å². The number of nitrogens with zero attached hydrogens (tertiary/aromatic N) is 1. The zero-order valence-electron chi connectivity index (χ0n) is 13.6. The molecule has 0 radical (unpaired) electrons. The molecule has 2 aromatic rings. The van der Waals surface area contributed by atoms with Gasteiger partial charge in [-0.2, -0.15) is 0 Å². The number of ether oxygens (including phenoxy) is 1. The standard InChI is InChI=1S/C18H19NO5/c1-3-11-5-10-6-17(24-4-2)16(21)7-12(10)14-8-15(20)13(18(22)23)9-19(11)14/h6-9,11,21H,3-5H2,1-2H3,(H,22,23). The highest BCUT2D eigenvalue weighted by Crippen LogP contribution is 2.41. The lowest BCUT2D eigenvalue weighted by atomic mass is 9.90. The van der Waals surface area contributed by atoms with Gasteiger partial charge in [0.1, 0.15) is 5.56 Å². The minimum absolute atomic E-state index is 0.00635. The molecule has 2 heterocycles. The third-order valence-corrected chi connectivity index (χ3v) is 4.39. The number of carboxylic acids is 1. The SMILES string of the molecule is CCOc1cc2c(cc1O)-c1cc(=O)c(C(=O)O)cn1C(CC)C2. The molecule has 0 saturated carbocycles. The van der Waals surface area contributed by atoms with Crippen molar-refractivity contribution in [3.63, 3.8) is 0 Å². The first-order valence-corrected chi connectivity index (χ1v) is 7.94. The van der Waals surface area contributed by atoms with E-state index in [-0.39, 0.29) is 17.4 Å². The first kappa shape index (κ1) is 16.1. The predicted molar refractivity (Wildman–Crippen MR) is 89.0 cm³/mol. The van der Waals surface area contributed by atoms with Crippen LogP contribution in [-0.4, -0.2) is 27.4 Å². The molecule has 0 fully saturated rings. The normalized spacial score (nSPS) is 15.5. The van der Waals surface area contributed by atoms with E-state index in [9.17, 15) is 19.8 Å². The predicted octanol–water partition coefficient (Wildman–Crippen LogP) is 2.83. The zero-order valence-corrected chi connectivity index (χ0v) is 13.6. The molecular weight excluding hydrogens is 310 g/mol. The lowest BCUT2D eigenvalue weighted by molar-refractivity contribution is 0.0694. The van der Waals surface area contributed by atoms with Crippen molar-refractivity contribution in [2.75, 3.05) is 6.61 Å². The lowest BCUT2D eigenvalue weighted by Crippen LogP contribution is -2.25. The van der Waals surface area contributed by atoms with Crippen molar-refractivity contribution in [1.82, 2.24) is 4.57 Å². The average molecular weight is 329 g/mol. The van der Waals surface area contributed by atoms with Gasteiger partial charge in [0.2, 0.25) is 0 Å². The Morgan fingerprint density at radius 3 is 2.71 bits per heavy atom. The van der Waals surface area contributed by atoms with E-state index in [0.717, 1.165) is 17.5 Å². The Bertz CT molecular complexity index is 868. The summed E-state index contributed by atoms with van der Waals surface area (Å²) in [5, 5.41) is 19.3. The first-order valence-electron chi connectivity index (χ1n) is 7.94. The topological polar surface area (TPSA) is 88.8 Å². The number of carboxylic acid groups (broad SMARTS) is 1. The third-order valence-electron chi connectivity index (χ3n) is 4.39. The largest absolute Gasteiger partial charge is 0.504 e. The van der Waals surface area contributed by atoms with Gasteiger partial charge in [-0.15, -0.1) is 0 Å². The van der Waals surface area contributed by atoms with Gasteiger partial charge in [-0.3, -0.25) is 4.79 Å². The van der Waals surface area contributed by atoms with Gasteiger partial charge < -0.3 is 19.5 Å². The fourth-order valence-corrected chi connectivity index (χ4v) is 3.21.